The van der Waals surface area contributed by atoms with Gasteiger partial charge in [0.05, 0.1) is 16.2 Å². The minimum Gasteiger partial charge on any atom is -0.289 e. The van der Waals surface area contributed by atoms with Crippen LogP contribution in [0.5, 0.6) is 0 Å². The van der Waals surface area contributed by atoms with Gasteiger partial charge in [-0.15, -0.1) is 0 Å². The van der Waals surface area contributed by atoms with Crippen molar-refractivity contribution in [3.63, 3.8) is 0 Å². The van der Waals surface area contributed by atoms with Gasteiger partial charge in [0.15, 0.2) is 5.78 Å². The Bertz CT molecular complexity index is 1280. The minimum atomic E-state index is -0.464. The molecular formula is C24H16FN3O3. The highest BCUT2D eigenvalue weighted by Crippen LogP contribution is 2.32. The number of ketones is 1. The van der Waals surface area contributed by atoms with Gasteiger partial charge < -0.3 is 0 Å². The van der Waals surface area contributed by atoms with E-state index in [1.54, 1.807) is 35.2 Å². The van der Waals surface area contributed by atoms with Crippen LogP contribution >= 0.6 is 0 Å². The van der Waals surface area contributed by atoms with Crippen molar-refractivity contribution in [1.82, 2.24) is 9.78 Å². The molecule has 1 heterocycles. The molecule has 0 N–H and O–H groups in total. The van der Waals surface area contributed by atoms with Crippen molar-refractivity contribution >= 4 is 17.5 Å². The van der Waals surface area contributed by atoms with Crippen LogP contribution in [-0.2, 0) is 0 Å². The number of halogens is 1. The fraction of sp³-hybridized carbons (Fsp3) is 0. The van der Waals surface area contributed by atoms with Gasteiger partial charge in [0.2, 0.25) is 0 Å². The number of allylic oxidation sites excluding steroid dienone is 1. The maximum atomic E-state index is 13.1. The fourth-order valence-electron chi connectivity index (χ4n) is 3.14. The molecule has 4 aromatic rings. The Balaban J connectivity index is 1.79. The summed E-state index contributed by atoms with van der Waals surface area (Å²) in [6.45, 7) is 0. The number of nitrogens with zero attached hydrogens (tertiary/aromatic N) is 3. The summed E-state index contributed by atoms with van der Waals surface area (Å²) >= 11 is 0. The predicted molar refractivity (Wildman–Crippen MR) is 115 cm³/mol. The molecule has 0 aliphatic carbocycles. The first-order chi connectivity index (χ1) is 15.0. The molecule has 6 nitrogen and oxygen atoms in total. The molecular weight excluding hydrogens is 397 g/mol. The summed E-state index contributed by atoms with van der Waals surface area (Å²) in [4.78, 5) is 23.6. The number of carbonyl (C=O) groups excluding carboxylic acids is 1. The summed E-state index contributed by atoms with van der Waals surface area (Å²) in [6, 6.07) is 20.8. The maximum Gasteiger partial charge on any atom is 0.278 e. The standard InChI is InChI=1S/C24H16FN3O3/c25-19-13-10-17(11-14-19)23(29)15-12-18-16-27(20-6-2-1-3-7-20)26-24(18)21-8-4-5-9-22(21)28(30)31/h1-16H/b15-12+. The van der Waals surface area contributed by atoms with Crippen molar-refractivity contribution in [3.8, 4) is 16.9 Å². The molecule has 0 aliphatic rings. The lowest BCUT2D eigenvalue weighted by atomic mass is 10.0. The zero-order valence-corrected chi connectivity index (χ0v) is 16.2. The third kappa shape index (κ3) is 4.30. The second-order valence-corrected chi connectivity index (χ2v) is 6.69. The van der Waals surface area contributed by atoms with Crippen molar-refractivity contribution in [1.29, 1.82) is 0 Å². The zero-order chi connectivity index (χ0) is 21.8. The molecule has 0 atom stereocenters. The van der Waals surface area contributed by atoms with Gasteiger partial charge in [-0.2, -0.15) is 5.10 Å². The Kier molecular flexibility index (Phi) is 5.49. The molecule has 0 saturated heterocycles. The quantitative estimate of drug-likeness (QED) is 0.181. The largest absolute Gasteiger partial charge is 0.289 e. The van der Waals surface area contributed by atoms with E-state index in [1.165, 1.54) is 36.4 Å². The van der Waals surface area contributed by atoms with Gasteiger partial charge >= 0.3 is 0 Å². The summed E-state index contributed by atoms with van der Waals surface area (Å²) in [5.74, 6) is -0.746. The lowest BCUT2D eigenvalue weighted by Gasteiger charge is -2.02. The first-order valence-electron chi connectivity index (χ1n) is 9.40. The van der Waals surface area contributed by atoms with Crippen LogP contribution in [0.1, 0.15) is 15.9 Å². The summed E-state index contributed by atoms with van der Waals surface area (Å²) in [5, 5.41) is 16.1. The van der Waals surface area contributed by atoms with Gasteiger partial charge in [-0.25, -0.2) is 9.07 Å². The van der Waals surface area contributed by atoms with E-state index < -0.39 is 10.7 Å². The highest BCUT2D eigenvalue weighted by molar-refractivity contribution is 6.07. The van der Waals surface area contributed by atoms with E-state index in [1.807, 2.05) is 30.3 Å². The number of rotatable bonds is 6. The van der Waals surface area contributed by atoms with Crippen molar-refractivity contribution in [2.24, 2.45) is 0 Å². The molecule has 0 bridgehead atoms. The SMILES string of the molecule is O=C(/C=C/c1cn(-c2ccccc2)nc1-c1ccccc1[N+](=O)[O-])c1ccc(F)cc1. The molecule has 0 unspecified atom stereocenters. The summed E-state index contributed by atoms with van der Waals surface area (Å²) in [7, 11) is 0. The van der Waals surface area contributed by atoms with Crippen LogP contribution in [0.15, 0.2) is 91.1 Å². The van der Waals surface area contributed by atoms with Crippen LogP contribution in [0.3, 0.4) is 0 Å². The van der Waals surface area contributed by atoms with Gasteiger partial charge in [0.1, 0.15) is 11.5 Å². The number of carbonyl (C=O) groups is 1. The minimum absolute atomic E-state index is 0.0830. The van der Waals surface area contributed by atoms with Gasteiger partial charge in [-0.05, 0) is 54.6 Å². The van der Waals surface area contributed by atoms with Crippen LogP contribution in [0.25, 0.3) is 23.0 Å². The zero-order valence-electron chi connectivity index (χ0n) is 16.2. The van der Waals surface area contributed by atoms with Crippen LogP contribution < -0.4 is 0 Å². The molecule has 7 heteroatoms. The smallest absolute Gasteiger partial charge is 0.278 e. The topological polar surface area (TPSA) is 78.0 Å². The van der Waals surface area contributed by atoms with Crippen LogP contribution in [0.2, 0.25) is 0 Å². The Morgan fingerprint density at radius 2 is 1.65 bits per heavy atom. The lowest BCUT2D eigenvalue weighted by Crippen LogP contribution is -1.96. The predicted octanol–water partition coefficient (Wildman–Crippen LogP) is 5.48. The second kappa shape index (κ2) is 8.54. The number of hydrogen-bond donors (Lipinski definition) is 0. The van der Waals surface area contributed by atoms with E-state index in [-0.39, 0.29) is 11.5 Å². The Hall–Kier alpha value is -4.39. The normalized spacial score (nSPS) is 11.0. The van der Waals surface area contributed by atoms with Crippen molar-refractivity contribution in [2.45, 2.75) is 0 Å². The van der Waals surface area contributed by atoms with E-state index >= 15 is 0 Å². The van der Waals surface area contributed by atoms with E-state index in [9.17, 15) is 19.3 Å². The molecule has 31 heavy (non-hydrogen) atoms. The number of aromatic nitrogens is 2. The van der Waals surface area contributed by atoms with E-state index in [0.29, 0.717) is 22.4 Å². The van der Waals surface area contributed by atoms with Crippen LogP contribution in [-0.4, -0.2) is 20.5 Å². The third-order valence-corrected chi connectivity index (χ3v) is 4.66. The average Bonchev–Trinajstić information content (AvgIpc) is 3.22. The monoisotopic (exact) mass is 413 g/mol. The Labute approximate surface area is 177 Å². The molecule has 4 rings (SSSR count). The van der Waals surface area contributed by atoms with Crippen molar-refractivity contribution < 1.29 is 14.1 Å². The molecule has 0 radical (unpaired) electrons. The van der Waals surface area contributed by atoms with E-state index in [0.717, 1.165) is 5.69 Å². The van der Waals surface area contributed by atoms with Gasteiger partial charge in [-0.3, -0.25) is 14.9 Å². The molecule has 3 aromatic carbocycles. The van der Waals surface area contributed by atoms with E-state index in [4.69, 9.17) is 0 Å². The molecule has 0 fully saturated rings. The van der Waals surface area contributed by atoms with Crippen LogP contribution in [0.4, 0.5) is 10.1 Å². The third-order valence-electron chi connectivity index (χ3n) is 4.66. The Morgan fingerprint density at radius 1 is 0.968 bits per heavy atom. The van der Waals surface area contributed by atoms with E-state index in [2.05, 4.69) is 5.10 Å². The Morgan fingerprint density at radius 3 is 2.35 bits per heavy atom. The number of hydrogen-bond acceptors (Lipinski definition) is 4. The number of benzene rings is 3. The number of nitro groups is 1. The van der Waals surface area contributed by atoms with Gasteiger partial charge in [0, 0.05) is 23.4 Å². The van der Waals surface area contributed by atoms with Gasteiger partial charge in [-0.1, -0.05) is 30.3 Å². The maximum absolute atomic E-state index is 13.1. The van der Waals surface area contributed by atoms with Crippen molar-refractivity contribution in [3.05, 3.63) is 118 Å². The molecule has 0 saturated carbocycles. The highest BCUT2D eigenvalue weighted by atomic mass is 19.1. The second-order valence-electron chi connectivity index (χ2n) is 6.69. The molecule has 0 aliphatic heterocycles. The molecule has 152 valence electrons. The number of nitro benzene ring substituents is 1. The molecule has 0 amide bonds. The first kappa shape index (κ1) is 19.9. The summed E-state index contributed by atoms with van der Waals surface area (Å²) in [6.07, 6.45) is 4.61. The van der Waals surface area contributed by atoms with Crippen molar-refractivity contribution in [2.75, 3.05) is 0 Å². The van der Waals surface area contributed by atoms with Gasteiger partial charge in [0.25, 0.3) is 5.69 Å². The van der Waals surface area contributed by atoms with Crippen LogP contribution in [0, 0.1) is 15.9 Å². The first-order valence-corrected chi connectivity index (χ1v) is 9.40. The molecule has 0 spiro atoms. The lowest BCUT2D eigenvalue weighted by molar-refractivity contribution is -0.384. The average molecular weight is 413 g/mol. The highest BCUT2D eigenvalue weighted by Gasteiger charge is 2.20. The molecule has 1 aromatic heterocycles. The fourth-order valence-corrected chi connectivity index (χ4v) is 3.14. The summed E-state index contributed by atoms with van der Waals surface area (Å²) in [5.41, 5.74) is 2.27. The number of para-hydroxylation sites is 2. The summed E-state index contributed by atoms with van der Waals surface area (Å²) < 4.78 is 14.7.